The molecule has 0 saturated heterocycles. The highest BCUT2D eigenvalue weighted by molar-refractivity contribution is 5.95. The second-order valence-electron chi connectivity index (χ2n) is 7.23. The molecule has 3 aromatic carbocycles. The number of carbonyl (C=O) groups is 1. The van der Waals surface area contributed by atoms with Gasteiger partial charge >= 0.3 is 0 Å². The smallest absolute Gasteiger partial charge is 0.287 e. The normalized spacial score (nSPS) is 12.8. The van der Waals surface area contributed by atoms with Crippen LogP contribution in [0.15, 0.2) is 66.7 Å². The van der Waals surface area contributed by atoms with E-state index in [4.69, 9.17) is 4.74 Å². The van der Waals surface area contributed by atoms with Gasteiger partial charge in [-0.05, 0) is 43.7 Å². The van der Waals surface area contributed by atoms with Crippen molar-refractivity contribution in [3.05, 3.63) is 95.1 Å². The first-order valence-corrected chi connectivity index (χ1v) is 9.69. The third kappa shape index (κ3) is 5.02. The molecule has 30 heavy (non-hydrogen) atoms. The second-order valence-corrected chi connectivity index (χ2v) is 7.23. The molecule has 3 rings (SSSR count). The lowest BCUT2D eigenvalue weighted by Gasteiger charge is -2.21. The van der Waals surface area contributed by atoms with Gasteiger partial charge in [0.2, 0.25) is 0 Å². The zero-order valence-electron chi connectivity index (χ0n) is 17.2. The Kier molecular flexibility index (Phi) is 6.79. The van der Waals surface area contributed by atoms with Crippen LogP contribution in [-0.2, 0) is 4.79 Å². The minimum absolute atomic E-state index is 0.264. The van der Waals surface area contributed by atoms with Crippen LogP contribution in [0.25, 0.3) is 0 Å². The van der Waals surface area contributed by atoms with E-state index in [1.807, 2.05) is 49.4 Å². The summed E-state index contributed by atoms with van der Waals surface area (Å²) in [5.74, 6) is -0.975. The number of ether oxygens (including phenoxy) is 1. The van der Waals surface area contributed by atoms with Crippen molar-refractivity contribution in [2.75, 3.05) is 12.4 Å². The Labute approximate surface area is 174 Å². The summed E-state index contributed by atoms with van der Waals surface area (Å²) >= 11 is 0. The summed E-state index contributed by atoms with van der Waals surface area (Å²) in [4.78, 5) is 13.2. The molecule has 3 N–H and O–H groups in total. The molecule has 0 aliphatic rings. The number of carbonyl (C=O) groups excluding carboxylic acids is 1. The number of aryl methyl sites for hydroxylation is 1. The predicted molar refractivity (Wildman–Crippen MR) is 112 cm³/mol. The highest BCUT2D eigenvalue weighted by Gasteiger charge is 2.28. The van der Waals surface area contributed by atoms with E-state index in [-0.39, 0.29) is 5.91 Å². The topological polar surface area (TPSA) is 54.9 Å². The average molecular weight is 411 g/mol. The molecule has 4 nitrogen and oxygen atoms in total. The first kappa shape index (κ1) is 21.5. The highest BCUT2D eigenvalue weighted by atomic mass is 19.1. The lowest BCUT2D eigenvalue weighted by Crippen LogP contribution is -2.87. The van der Waals surface area contributed by atoms with Crippen LogP contribution in [0.5, 0.6) is 5.75 Å². The average Bonchev–Trinajstić information content (AvgIpc) is 2.72. The number of methoxy groups -OCH3 is 1. The number of halogens is 2. The highest BCUT2D eigenvalue weighted by Crippen LogP contribution is 2.26. The van der Waals surface area contributed by atoms with E-state index in [9.17, 15) is 13.6 Å². The van der Waals surface area contributed by atoms with Crippen LogP contribution in [0.1, 0.15) is 35.7 Å². The van der Waals surface area contributed by atoms with Crippen LogP contribution < -0.4 is 15.4 Å². The van der Waals surface area contributed by atoms with Gasteiger partial charge in [-0.15, -0.1) is 0 Å². The summed E-state index contributed by atoms with van der Waals surface area (Å²) in [5.41, 5.74) is 2.65. The molecule has 0 aromatic heterocycles. The summed E-state index contributed by atoms with van der Waals surface area (Å²) in [6.07, 6.45) is 0. The van der Waals surface area contributed by atoms with Crippen LogP contribution in [0.2, 0.25) is 0 Å². The van der Waals surface area contributed by atoms with Gasteiger partial charge in [0.15, 0.2) is 6.04 Å². The zero-order valence-corrected chi connectivity index (χ0v) is 17.2. The summed E-state index contributed by atoms with van der Waals surface area (Å²) in [6, 6.07) is 17.2. The van der Waals surface area contributed by atoms with Gasteiger partial charge in [-0.2, -0.15) is 0 Å². The first-order valence-electron chi connectivity index (χ1n) is 9.69. The predicted octanol–water partition coefficient (Wildman–Crippen LogP) is 4.29. The Morgan fingerprint density at radius 3 is 2.43 bits per heavy atom. The number of hydrogen-bond donors (Lipinski definition) is 2. The second kappa shape index (κ2) is 9.50. The third-order valence-electron chi connectivity index (χ3n) is 4.99. The number of nitrogens with two attached hydrogens (primary N) is 1. The maximum Gasteiger partial charge on any atom is 0.287 e. The summed E-state index contributed by atoms with van der Waals surface area (Å²) < 4.78 is 32.9. The molecule has 0 radical (unpaired) electrons. The molecule has 0 aliphatic carbocycles. The number of hydrogen-bond acceptors (Lipinski definition) is 2. The van der Waals surface area contributed by atoms with Crippen molar-refractivity contribution in [1.82, 2.24) is 0 Å². The van der Waals surface area contributed by atoms with E-state index in [1.165, 1.54) is 12.1 Å². The summed E-state index contributed by atoms with van der Waals surface area (Å²) in [6.45, 7) is 3.71. The fourth-order valence-electron chi connectivity index (χ4n) is 3.40. The van der Waals surface area contributed by atoms with Gasteiger partial charge in [0.1, 0.15) is 23.4 Å². The molecule has 156 valence electrons. The molecular formula is C24H25F2N2O2+. The van der Waals surface area contributed by atoms with Crippen molar-refractivity contribution in [3.63, 3.8) is 0 Å². The molecule has 0 bridgehead atoms. The van der Waals surface area contributed by atoms with Gasteiger partial charge in [-0.1, -0.05) is 36.4 Å². The van der Waals surface area contributed by atoms with E-state index in [0.29, 0.717) is 17.0 Å². The van der Waals surface area contributed by atoms with Crippen LogP contribution in [-0.4, -0.2) is 13.0 Å². The number of quaternary nitrogens is 1. The fourth-order valence-corrected chi connectivity index (χ4v) is 3.40. The SMILES string of the molecule is COc1ccc(C)cc1NC(=O)[C@H]([NH2+][C@@H](C)c1ccc(F)cc1F)c1ccccc1. The van der Waals surface area contributed by atoms with Gasteiger partial charge in [0, 0.05) is 17.2 Å². The molecule has 0 unspecified atom stereocenters. The Morgan fingerprint density at radius 1 is 1.03 bits per heavy atom. The van der Waals surface area contributed by atoms with Gasteiger partial charge in [0.05, 0.1) is 12.8 Å². The van der Waals surface area contributed by atoms with E-state index in [2.05, 4.69) is 5.32 Å². The molecule has 2 atom stereocenters. The monoisotopic (exact) mass is 411 g/mol. The lowest BCUT2D eigenvalue weighted by atomic mass is 10.0. The van der Waals surface area contributed by atoms with Crippen LogP contribution in [0.3, 0.4) is 0 Å². The molecule has 0 heterocycles. The molecule has 0 spiro atoms. The molecule has 0 saturated carbocycles. The molecule has 1 amide bonds. The molecular weight excluding hydrogens is 386 g/mol. The lowest BCUT2D eigenvalue weighted by molar-refractivity contribution is -0.719. The Hall–Kier alpha value is -3.25. The number of rotatable bonds is 7. The standard InChI is InChI=1S/C24H24F2N2O2/c1-15-9-12-22(30-3)21(13-15)28-24(29)23(17-7-5-4-6-8-17)27-16(2)19-11-10-18(25)14-20(19)26/h4-14,16,23,27H,1-3H3,(H,28,29)/p+1/t16-,23+/m0/s1. The molecule has 3 aromatic rings. The van der Waals surface area contributed by atoms with Crippen molar-refractivity contribution in [3.8, 4) is 5.75 Å². The van der Waals surface area contributed by atoms with Crippen LogP contribution in [0.4, 0.5) is 14.5 Å². The van der Waals surface area contributed by atoms with E-state index < -0.39 is 23.7 Å². The van der Waals surface area contributed by atoms with Crippen LogP contribution in [0, 0.1) is 18.6 Å². The maximum absolute atomic E-state index is 14.3. The maximum atomic E-state index is 14.3. The summed E-state index contributed by atoms with van der Waals surface area (Å²) in [7, 11) is 1.54. The van der Waals surface area contributed by atoms with E-state index in [1.54, 1.807) is 25.4 Å². The molecule has 0 aliphatic heterocycles. The van der Waals surface area contributed by atoms with Crippen molar-refractivity contribution < 1.29 is 23.6 Å². The van der Waals surface area contributed by atoms with Crippen molar-refractivity contribution in [2.45, 2.75) is 25.9 Å². The molecule has 0 fully saturated rings. The molecule has 6 heteroatoms. The Morgan fingerprint density at radius 2 is 1.77 bits per heavy atom. The third-order valence-corrected chi connectivity index (χ3v) is 4.99. The first-order chi connectivity index (χ1) is 14.4. The quantitative estimate of drug-likeness (QED) is 0.610. The van der Waals surface area contributed by atoms with E-state index >= 15 is 0 Å². The van der Waals surface area contributed by atoms with Crippen LogP contribution >= 0.6 is 0 Å². The minimum Gasteiger partial charge on any atom is -0.495 e. The van der Waals surface area contributed by atoms with Gasteiger partial charge < -0.3 is 15.4 Å². The number of anilines is 1. The van der Waals surface area contributed by atoms with Crippen molar-refractivity contribution in [2.24, 2.45) is 0 Å². The van der Waals surface area contributed by atoms with E-state index in [0.717, 1.165) is 17.2 Å². The number of nitrogens with one attached hydrogen (secondary N) is 1. The Balaban J connectivity index is 1.89. The summed E-state index contributed by atoms with van der Waals surface area (Å²) in [5, 5.41) is 4.70. The van der Waals surface area contributed by atoms with Crippen molar-refractivity contribution in [1.29, 1.82) is 0 Å². The van der Waals surface area contributed by atoms with Gasteiger partial charge in [0.25, 0.3) is 5.91 Å². The minimum atomic E-state index is -0.643. The zero-order chi connectivity index (χ0) is 21.7. The van der Waals surface area contributed by atoms with Gasteiger partial charge in [-0.3, -0.25) is 4.79 Å². The Bertz CT molecular complexity index is 1020. The largest absolute Gasteiger partial charge is 0.495 e. The number of amides is 1. The fraction of sp³-hybridized carbons (Fsp3) is 0.208. The number of benzene rings is 3. The van der Waals surface area contributed by atoms with Gasteiger partial charge in [-0.25, -0.2) is 8.78 Å². The van der Waals surface area contributed by atoms with Crippen molar-refractivity contribution >= 4 is 11.6 Å².